The van der Waals surface area contributed by atoms with Gasteiger partial charge >= 0.3 is 0 Å². The van der Waals surface area contributed by atoms with Gasteiger partial charge in [0.05, 0.1) is 5.56 Å². The molecule has 3 rings (SSSR count). The van der Waals surface area contributed by atoms with Crippen LogP contribution in [0.3, 0.4) is 0 Å². The number of nitrogens with one attached hydrogen (secondary N) is 1. The third kappa shape index (κ3) is 4.23. The van der Waals surface area contributed by atoms with Crippen LogP contribution in [0.15, 0.2) is 18.2 Å². The summed E-state index contributed by atoms with van der Waals surface area (Å²) in [5.74, 6) is -1.81. The van der Waals surface area contributed by atoms with Gasteiger partial charge in [0.1, 0.15) is 11.6 Å². The van der Waals surface area contributed by atoms with Crippen LogP contribution < -0.4 is 5.32 Å². The maximum Gasteiger partial charge on any atom is 0.256 e. The Morgan fingerprint density at radius 2 is 1.96 bits per heavy atom. The monoisotopic (exact) mass is 359 g/mol. The standard InChI is InChI=1S/C17H23F2N3O.ClH/c1-17(4-5-20-11-17)12-21-6-8-22(9-7-21)16(23)14-3-2-13(18)10-15(14)19;/h2-3,10,20H,4-9,11-12H2,1H3;1H. The lowest BCUT2D eigenvalue weighted by Crippen LogP contribution is -2.51. The molecule has 0 bridgehead atoms. The predicted molar refractivity (Wildman–Crippen MR) is 91.5 cm³/mol. The number of rotatable bonds is 3. The van der Waals surface area contributed by atoms with Crippen molar-refractivity contribution >= 4 is 18.3 Å². The predicted octanol–water partition coefficient (Wildman–Crippen LogP) is 2.14. The lowest BCUT2D eigenvalue weighted by atomic mass is 9.89. The fourth-order valence-corrected chi connectivity index (χ4v) is 3.49. The molecule has 134 valence electrons. The Labute approximate surface area is 147 Å². The molecule has 2 fully saturated rings. The largest absolute Gasteiger partial charge is 0.336 e. The van der Waals surface area contributed by atoms with Crippen molar-refractivity contribution in [2.75, 3.05) is 45.8 Å². The molecule has 2 aliphatic heterocycles. The first-order chi connectivity index (χ1) is 11.0. The summed E-state index contributed by atoms with van der Waals surface area (Å²) in [4.78, 5) is 16.4. The maximum absolute atomic E-state index is 13.7. The minimum Gasteiger partial charge on any atom is -0.336 e. The van der Waals surface area contributed by atoms with Gasteiger partial charge in [0, 0.05) is 45.3 Å². The van der Waals surface area contributed by atoms with Gasteiger partial charge in [0.15, 0.2) is 0 Å². The average Bonchev–Trinajstić information content (AvgIpc) is 2.94. The van der Waals surface area contributed by atoms with Crippen molar-refractivity contribution in [3.63, 3.8) is 0 Å². The zero-order valence-corrected chi connectivity index (χ0v) is 14.7. The lowest BCUT2D eigenvalue weighted by Gasteiger charge is -2.38. The highest BCUT2D eigenvalue weighted by molar-refractivity contribution is 5.94. The number of carbonyl (C=O) groups is 1. The molecule has 4 nitrogen and oxygen atoms in total. The van der Waals surface area contributed by atoms with Gasteiger partial charge in [0.2, 0.25) is 0 Å². The van der Waals surface area contributed by atoms with Gasteiger partial charge in [-0.25, -0.2) is 8.78 Å². The van der Waals surface area contributed by atoms with Crippen LogP contribution in [0, 0.1) is 17.0 Å². The first-order valence-corrected chi connectivity index (χ1v) is 8.14. The quantitative estimate of drug-likeness (QED) is 0.898. The van der Waals surface area contributed by atoms with E-state index in [9.17, 15) is 13.6 Å². The maximum atomic E-state index is 13.7. The summed E-state index contributed by atoms with van der Waals surface area (Å²) in [5.41, 5.74) is 0.252. The van der Waals surface area contributed by atoms with Crippen LogP contribution in [0.25, 0.3) is 0 Å². The summed E-state index contributed by atoms with van der Waals surface area (Å²) in [6, 6.07) is 3.11. The number of nitrogens with zero attached hydrogens (tertiary/aromatic N) is 2. The molecule has 2 heterocycles. The number of halogens is 3. The molecule has 0 spiro atoms. The number of amides is 1. The fraction of sp³-hybridized carbons (Fsp3) is 0.588. The smallest absolute Gasteiger partial charge is 0.256 e. The Balaban J connectivity index is 0.00000208. The van der Waals surface area contributed by atoms with E-state index in [2.05, 4.69) is 17.1 Å². The zero-order valence-electron chi connectivity index (χ0n) is 13.9. The molecule has 1 aromatic rings. The van der Waals surface area contributed by atoms with Gasteiger partial charge in [-0.15, -0.1) is 12.4 Å². The van der Waals surface area contributed by atoms with Crippen LogP contribution in [0.4, 0.5) is 8.78 Å². The lowest BCUT2D eigenvalue weighted by molar-refractivity contribution is 0.0577. The molecule has 2 aliphatic rings. The Morgan fingerprint density at radius 3 is 2.54 bits per heavy atom. The summed E-state index contributed by atoms with van der Waals surface area (Å²) >= 11 is 0. The van der Waals surface area contributed by atoms with E-state index < -0.39 is 11.6 Å². The van der Waals surface area contributed by atoms with E-state index in [-0.39, 0.29) is 23.9 Å². The molecule has 1 amide bonds. The number of hydrogen-bond donors (Lipinski definition) is 1. The van der Waals surface area contributed by atoms with E-state index in [4.69, 9.17) is 0 Å². The Kier molecular flexibility index (Phi) is 6.17. The molecule has 1 N–H and O–H groups in total. The minimum absolute atomic E-state index is 0. The second kappa shape index (κ2) is 7.76. The van der Waals surface area contributed by atoms with Gasteiger partial charge in [-0.3, -0.25) is 9.69 Å². The molecular weight excluding hydrogens is 336 g/mol. The van der Waals surface area contributed by atoms with E-state index in [0.717, 1.165) is 44.9 Å². The van der Waals surface area contributed by atoms with Crippen LogP contribution in [-0.2, 0) is 0 Å². The number of benzene rings is 1. The van der Waals surface area contributed by atoms with E-state index in [1.807, 2.05) is 0 Å². The van der Waals surface area contributed by atoms with Crippen molar-refractivity contribution in [1.82, 2.24) is 15.1 Å². The Hall–Kier alpha value is -1.24. The molecule has 0 saturated carbocycles. The van der Waals surface area contributed by atoms with Crippen molar-refractivity contribution < 1.29 is 13.6 Å². The first kappa shape index (κ1) is 19.1. The van der Waals surface area contributed by atoms with Crippen molar-refractivity contribution in [3.8, 4) is 0 Å². The van der Waals surface area contributed by atoms with Crippen LogP contribution in [-0.4, -0.2) is 61.5 Å². The highest BCUT2D eigenvalue weighted by Crippen LogP contribution is 2.26. The second-order valence-electron chi connectivity index (χ2n) is 6.93. The fourth-order valence-electron chi connectivity index (χ4n) is 3.49. The number of piperazine rings is 1. The van der Waals surface area contributed by atoms with Gasteiger partial charge in [-0.2, -0.15) is 0 Å². The van der Waals surface area contributed by atoms with E-state index in [1.54, 1.807) is 4.90 Å². The summed E-state index contributed by atoms with van der Waals surface area (Å²) < 4.78 is 26.7. The van der Waals surface area contributed by atoms with Crippen LogP contribution in [0.1, 0.15) is 23.7 Å². The third-order valence-electron chi connectivity index (χ3n) is 4.88. The molecule has 24 heavy (non-hydrogen) atoms. The second-order valence-corrected chi connectivity index (χ2v) is 6.93. The molecule has 0 aliphatic carbocycles. The van der Waals surface area contributed by atoms with Crippen molar-refractivity contribution in [2.24, 2.45) is 5.41 Å². The molecule has 1 aromatic carbocycles. The third-order valence-corrected chi connectivity index (χ3v) is 4.88. The highest BCUT2D eigenvalue weighted by Gasteiger charge is 2.32. The van der Waals surface area contributed by atoms with Gasteiger partial charge in [-0.1, -0.05) is 6.92 Å². The van der Waals surface area contributed by atoms with E-state index in [0.29, 0.717) is 18.5 Å². The summed E-state index contributed by atoms with van der Waals surface area (Å²) in [6.07, 6.45) is 1.17. The van der Waals surface area contributed by atoms with Crippen molar-refractivity contribution in [1.29, 1.82) is 0 Å². The van der Waals surface area contributed by atoms with Gasteiger partial charge in [-0.05, 0) is 30.5 Å². The minimum atomic E-state index is -0.790. The molecule has 2 saturated heterocycles. The normalized spacial score (nSPS) is 24.7. The van der Waals surface area contributed by atoms with Crippen molar-refractivity contribution in [3.05, 3.63) is 35.4 Å². The summed E-state index contributed by atoms with van der Waals surface area (Å²) in [6.45, 7) is 8.17. The summed E-state index contributed by atoms with van der Waals surface area (Å²) in [5, 5.41) is 3.40. The Bertz CT molecular complexity index is 585. The van der Waals surface area contributed by atoms with Crippen molar-refractivity contribution in [2.45, 2.75) is 13.3 Å². The zero-order chi connectivity index (χ0) is 16.4. The number of carbonyl (C=O) groups excluding carboxylic acids is 1. The molecular formula is C17H24ClF2N3O. The topological polar surface area (TPSA) is 35.6 Å². The Morgan fingerprint density at radius 1 is 1.25 bits per heavy atom. The molecule has 0 radical (unpaired) electrons. The number of hydrogen-bond acceptors (Lipinski definition) is 3. The van der Waals surface area contributed by atoms with Gasteiger partial charge in [0.25, 0.3) is 5.91 Å². The SMILES string of the molecule is CC1(CN2CCN(C(=O)c3ccc(F)cc3F)CC2)CCNC1.Cl. The molecule has 1 unspecified atom stereocenters. The first-order valence-electron chi connectivity index (χ1n) is 8.14. The van der Waals surface area contributed by atoms with Gasteiger partial charge < -0.3 is 10.2 Å². The molecule has 7 heteroatoms. The molecule has 1 atom stereocenters. The average molecular weight is 360 g/mol. The van der Waals surface area contributed by atoms with Crippen LogP contribution in [0.2, 0.25) is 0 Å². The van der Waals surface area contributed by atoms with Crippen LogP contribution in [0.5, 0.6) is 0 Å². The highest BCUT2D eigenvalue weighted by atomic mass is 35.5. The summed E-state index contributed by atoms with van der Waals surface area (Å²) in [7, 11) is 0. The van der Waals surface area contributed by atoms with E-state index >= 15 is 0 Å². The van der Waals surface area contributed by atoms with Crippen LogP contribution >= 0.6 is 12.4 Å². The van der Waals surface area contributed by atoms with E-state index in [1.165, 1.54) is 12.5 Å². The molecule has 0 aromatic heterocycles.